The van der Waals surface area contributed by atoms with E-state index in [1.165, 1.54) is 6.20 Å². The smallest absolute Gasteiger partial charge is 0.431 e. The van der Waals surface area contributed by atoms with Gasteiger partial charge in [0.25, 0.3) is 5.91 Å². The normalized spacial score (nSPS) is 18.1. The molecule has 1 saturated carbocycles. The van der Waals surface area contributed by atoms with Crippen LogP contribution in [0, 0.1) is 5.92 Å². The molecule has 0 bridgehead atoms. The van der Waals surface area contributed by atoms with E-state index >= 15 is 0 Å². The second kappa shape index (κ2) is 8.43. The van der Waals surface area contributed by atoms with Crippen molar-refractivity contribution in [2.45, 2.75) is 37.5 Å². The first-order valence-corrected chi connectivity index (χ1v) is 11.1. The summed E-state index contributed by atoms with van der Waals surface area (Å²) in [6.45, 7) is 1.34. The lowest BCUT2D eigenvalue weighted by Crippen LogP contribution is -2.46. The third-order valence-corrected chi connectivity index (χ3v) is 6.42. The third kappa shape index (κ3) is 4.50. The number of carbonyl (C=O) groups is 1. The van der Waals surface area contributed by atoms with Gasteiger partial charge in [-0.15, -0.1) is 0 Å². The third-order valence-electron chi connectivity index (χ3n) is 6.42. The highest BCUT2D eigenvalue weighted by atomic mass is 19.4. The van der Waals surface area contributed by atoms with Crippen LogP contribution in [0.1, 0.15) is 41.9 Å². The molecule has 3 aromatic rings. The van der Waals surface area contributed by atoms with Crippen LogP contribution in [0.4, 0.5) is 24.7 Å². The molecular weight excluding hydrogens is 449 g/mol. The molecule has 1 aliphatic heterocycles. The topological polar surface area (TPSA) is 91.5 Å². The van der Waals surface area contributed by atoms with Gasteiger partial charge in [0.1, 0.15) is 5.82 Å². The van der Waals surface area contributed by atoms with E-state index in [0.717, 1.165) is 12.8 Å². The fraction of sp³-hybridized carbons (Fsp3) is 0.375. The molecule has 5 rings (SSSR count). The number of nitrogens with one attached hydrogen (secondary N) is 1. The average Bonchev–Trinajstić information content (AvgIpc) is 3.59. The fourth-order valence-corrected chi connectivity index (χ4v) is 4.36. The standard InChI is InChI=1S/C24H23F3N4O3/c25-24(26,27)20-19(30-22(34-20)15-4-2-1-3-5-15)21(32)29-17-8-9-18(28-14-17)31-12-10-23(33,11-13-31)16-6-7-16/h1-5,8-9,14,16,33H,6-7,10-13H2,(H,29,32). The number of anilines is 2. The zero-order valence-electron chi connectivity index (χ0n) is 18.2. The van der Waals surface area contributed by atoms with Gasteiger partial charge in [0, 0.05) is 18.7 Å². The maximum Gasteiger partial charge on any atom is 0.452 e. The van der Waals surface area contributed by atoms with Gasteiger partial charge in [0.05, 0.1) is 17.5 Å². The zero-order chi connectivity index (χ0) is 23.9. The van der Waals surface area contributed by atoms with Crippen molar-refractivity contribution in [3.63, 3.8) is 0 Å². The van der Waals surface area contributed by atoms with E-state index in [-0.39, 0.29) is 11.6 Å². The Balaban J connectivity index is 1.29. The van der Waals surface area contributed by atoms with Crippen molar-refractivity contribution in [2.75, 3.05) is 23.3 Å². The number of alkyl halides is 3. The summed E-state index contributed by atoms with van der Waals surface area (Å²) in [5.41, 5.74) is -0.867. The Hall–Kier alpha value is -3.40. The average molecular weight is 472 g/mol. The summed E-state index contributed by atoms with van der Waals surface area (Å²) in [6.07, 6.45) is 0.0168. The van der Waals surface area contributed by atoms with Crippen LogP contribution in [0.2, 0.25) is 0 Å². The number of amides is 1. The molecule has 2 N–H and O–H groups in total. The molecule has 1 saturated heterocycles. The monoisotopic (exact) mass is 472 g/mol. The van der Waals surface area contributed by atoms with Gasteiger partial charge in [-0.2, -0.15) is 13.2 Å². The summed E-state index contributed by atoms with van der Waals surface area (Å²) < 4.78 is 45.4. The van der Waals surface area contributed by atoms with Crippen molar-refractivity contribution in [3.8, 4) is 11.5 Å². The van der Waals surface area contributed by atoms with E-state index in [1.807, 2.05) is 4.90 Å². The molecule has 34 heavy (non-hydrogen) atoms. The molecule has 3 heterocycles. The minimum absolute atomic E-state index is 0.234. The molecule has 10 heteroatoms. The number of rotatable bonds is 5. The van der Waals surface area contributed by atoms with E-state index in [0.29, 0.717) is 43.2 Å². The van der Waals surface area contributed by atoms with E-state index in [2.05, 4.69) is 15.3 Å². The molecule has 0 spiro atoms. The van der Waals surface area contributed by atoms with Crippen molar-refractivity contribution in [1.29, 1.82) is 0 Å². The first-order valence-electron chi connectivity index (χ1n) is 11.1. The van der Waals surface area contributed by atoms with Crippen molar-refractivity contribution in [3.05, 3.63) is 60.1 Å². The number of benzene rings is 1. The van der Waals surface area contributed by atoms with Gasteiger partial charge < -0.3 is 19.7 Å². The highest BCUT2D eigenvalue weighted by Crippen LogP contribution is 2.45. The van der Waals surface area contributed by atoms with Crippen LogP contribution in [0.15, 0.2) is 53.1 Å². The van der Waals surface area contributed by atoms with Crippen LogP contribution in [-0.2, 0) is 6.18 Å². The molecular formula is C24H23F3N4O3. The highest BCUT2D eigenvalue weighted by molar-refractivity contribution is 6.04. The van der Waals surface area contributed by atoms with Gasteiger partial charge >= 0.3 is 6.18 Å². The molecule has 0 atom stereocenters. The number of aliphatic hydroxyl groups is 1. The number of pyridine rings is 1. The van der Waals surface area contributed by atoms with Gasteiger partial charge in [-0.3, -0.25) is 4.79 Å². The maximum absolute atomic E-state index is 13.5. The Bertz CT molecular complexity index is 1170. The second-order valence-electron chi connectivity index (χ2n) is 8.78. The number of oxazole rings is 1. The fourth-order valence-electron chi connectivity index (χ4n) is 4.36. The molecule has 0 radical (unpaired) electrons. The van der Waals surface area contributed by atoms with Crippen molar-refractivity contribution in [1.82, 2.24) is 9.97 Å². The van der Waals surface area contributed by atoms with Gasteiger partial charge in [0.15, 0.2) is 5.69 Å². The Morgan fingerprint density at radius 1 is 1.12 bits per heavy atom. The minimum atomic E-state index is -4.88. The zero-order valence-corrected chi connectivity index (χ0v) is 18.2. The van der Waals surface area contributed by atoms with Crippen LogP contribution in [-0.4, -0.2) is 39.7 Å². The Morgan fingerprint density at radius 3 is 2.41 bits per heavy atom. The number of hydrogen-bond acceptors (Lipinski definition) is 6. The van der Waals surface area contributed by atoms with Crippen LogP contribution in [0.5, 0.6) is 0 Å². The molecule has 1 amide bonds. The molecule has 2 aliphatic rings. The largest absolute Gasteiger partial charge is 0.452 e. The Morgan fingerprint density at radius 2 is 1.82 bits per heavy atom. The lowest BCUT2D eigenvalue weighted by atomic mass is 9.87. The molecule has 0 unspecified atom stereocenters. The minimum Gasteiger partial charge on any atom is -0.431 e. The number of halogens is 3. The van der Waals surface area contributed by atoms with Gasteiger partial charge in [-0.25, -0.2) is 9.97 Å². The van der Waals surface area contributed by atoms with Gasteiger partial charge in [-0.05, 0) is 55.9 Å². The van der Waals surface area contributed by atoms with E-state index in [1.54, 1.807) is 42.5 Å². The van der Waals surface area contributed by atoms with E-state index < -0.39 is 29.1 Å². The van der Waals surface area contributed by atoms with Crippen molar-refractivity contribution < 1.29 is 27.5 Å². The highest BCUT2D eigenvalue weighted by Gasteiger charge is 2.45. The molecule has 1 aliphatic carbocycles. The van der Waals surface area contributed by atoms with Crippen molar-refractivity contribution in [2.24, 2.45) is 5.92 Å². The quantitative estimate of drug-likeness (QED) is 0.557. The summed E-state index contributed by atoms with van der Waals surface area (Å²) in [6, 6.07) is 11.3. The number of nitrogens with zero attached hydrogens (tertiary/aromatic N) is 3. The predicted molar refractivity (Wildman–Crippen MR) is 118 cm³/mol. The molecule has 2 fully saturated rings. The molecule has 178 valence electrons. The SMILES string of the molecule is O=C(Nc1ccc(N2CCC(O)(C3CC3)CC2)nc1)c1nc(-c2ccccc2)oc1C(F)(F)F. The van der Waals surface area contributed by atoms with Gasteiger partial charge in [0.2, 0.25) is 11.7 Å². The summed E-state index contributed by atoms with van der Waals surface area (Å²) in [4.78, 5) is 22.9. The Labute approximate surface area is 193 Å². The van der Waals surface area contributed by atoms with Crippen molar-refractivity contribution >= 4 is 17.4 Å². The first-order chi connectivity index (χ1) is 16.2. The summed E-state index contributed by atoms with van der Waals surface area (Å²) in [5.74, 6) is -1.70. The van der Waals surface area contributed by atoms with E-state index in [4.69, 9.17) is 4.42 Å². The predicted octanol–water partition coefficient (Wildman–Crippen LogP) is 4.75. The number of piperidine rings is 1. The lowest BCUT2D eigenvalue weighted by molar-refractivity contribution is -0.153. The number of hydrogen-bond donors (Lipinski definition) is 2. The molecule has 1 aromatic carbocycles. The van der Waals surface area contributed by atoms with Crippen LogP contribution >= 0.6 is 0 Å². The van der Waals surface area contributed by atoms with Crippen LogP contribution < -0.4 is 10.2 Å². The van der Waals surface area contributed by atoms with Crippen LogP contribution in [0.3, 0.4) is 0 Å². The Kier molecular flexibility index (Phi) is 5.55. The molecule has 2 aromatic heterocycles. The summed E-state index contributed by atoms with van der Waals surface area (Å²) in [5, 5.41) is 13.1. The first kappa shape index (κ1) is 22.4. The lowest BCUT2D eigenvalue weighted by Gasteiger charge is -2.39. The van der Waals surface area contributed by atoms with E-state index in [9.17, 15) is 23.1 Å². The number of carbonyl (C=O) groups excluding carboxylic acids is 1. The van der Waals surface area contributed by atoms with Crippen LogP contribution in [0.25, 0.3) is 11.5 Å². The number of aromatic nitrogens is 2. The summed E-state index contributed by atoms with van der Waals surface area (Å²) >= 11 is 0. The maximum atomic E-state index is 13.5. The summed E-state index contributed by atoms with van der Waals surface area (Å²) in [7, 11) is 0. The second-order valence-corrected chi connectivity index (χ2v) is 8.78. The molecule has 7 nitrogen and oxygen atoms in total. The van der Waals surface area contributed by atoms with Gasteiger partial charge in [-0.1, -0.05) is 18.2 Å².